The van der Waals surface area contributed by atoms with Gasteiger partial charge in [0.05, 0.1) is 6.61 Å². The Bertz CT molecular complexity index is 590. The third kappa shape index (κ3) is 4.56. The van der Waals surface area contributed by atoms with Gasteiger partial charge in [0.1, 0.15) is 0 Å². The molecule has 0 unspecified atom stereocenters. The summed E-state index contributed by atoms with van der Waals surface area (Å²) in [6.07, 6.45) is 0.885. The lowest BCUT2D eigenvalue weighted by Gasteiger charge is -2.17. The maximum absolute atomic E-state index is 5.71. The molecule has 0 amide bonds. The van der Waals surface area contributed by atoms with E-state index in [1.807, 2.05) is 43.1 Å². The third-order valence-corrected chi connectivity index (χ3v) is 3.26. The van der Waals surface area contributed by atoms with E-state index in [9.17, 15) is 0 Å². The Labute approximate surface area is 132 Å². The molecule has 0 atom stereocenters. The molecule has 0 saturated carbocycles. The number of hydrogen-bond donors (Lipinski definition) is 1. The molecule has 0 aliphatic carbocycles. The molecule has 0 fully saturated rings. The van der Waals surface area contributed by atoms with Crippen LogP contribution >= 0.6 is 15.9 Å². The van der Waals surface area contributed by atoms with Gasteiger partial charge in [-0.2, -0.15) is 15.0 Å². The maximum atomic E-state index is 5.71. The van der Waals surface area contributed by atoms with Gasteiger partial charge in [-0.1, -0.05) is 35.0 Å². The largest absolute Gasteiger partial charge is 0.463 e. The molecule has 0 bridgehead atoms. The van der Waals surface area contributed by atoms with Gasteiger partial charge < -0.3 is 15.4 Å². The zero-order valence-corrected chi connectivity index (χ0v) is 13.7. The second-order valence-electron chi connectivity index (χ2n) is 4.61. The smallest absolute Gasteiger partial charge is 0.323 e. The van der Waals surface area contributed by atoms with E-state index >= 15 is 0 Å². The van der Waals surface area contributed by atoms with Crippen molar-refractivity contribution >= 4 is 27.8 Å². The number of aromatic nitrogens is 3. The molecule has 2 N–H and O–H groups in total. The minimum atomic E-state index is 0.161. The van der Waals surface area contributed by atoms with E-state index in [2.05, 4.69) is 30.9 Å². The van der Waals surface area contributed by atoms with E-state index in [1.165, 1.54) is 0 Å². The fourth-order valence-corrected chi connectivity index (χ4v) is 1.99. The summed E-state index contributed by atoms with van der Waals surface area (Å²) in [6.45, 7) is 3.24. The number of anilines is 2. The summed E-state index contributed by atoms with van der Waals surface area (Å²) >= 11 is 3.42. The highest BCUT2D eigenvalue weighted by Gasteiger charge is 2.10. The predicted molar refractivity (Wildman–Crippen MR) is 86.3 cm³/mol. The minimum absolute atomic E-state index is 0.161. The van der Waals surface area contributed by atoms with Crippen molar-refractivity contribution in [3.63, 3.8) is 0 Å². The number of nitrogens with zero attached hydrogens (tertiary/aromatic N) is 4. The Morgan fingerprint density at radius 1 is 1.19 bits per heavy atom. The zero-order chi connectivity index (χ0) is 15.2. The summed E-state index contributed by atoms with van der Waals surface area (Å²) in [5.41, 5.74) is 6.86. The van der Waals surface area contributed by atoms with E-state index in [-0.39, 0.29) is 12.0 Å². The molecule has 21 heavy (non-hydrogen) atoms. The first-order chi connectivity index (χ1) is 10.1. The topological polar surface area (TPSA) is 77.2 Å². The second kappa shape index (κ2) is 7.21. The van der Waals surface area contributed by atoms with Crippen LogP contribution in [0.2, 0.25) is 0 Å². The van der Waals surface area contributed by atoms with Gasteiger partial charge in [-0.3, -0.25) is 0 Å². The summed E-state index contributed by atoms with van der Waals surface area (Å²) in [5, 5.41) is 0. The highest BCUT2D eigenvalue weighted by atomic mass is 79.9. The first-order valence-corrected chi connectivity index (χ1v) is 7.47. The number of hydrogen-bond acceptors (Lipinski definition) is 6. The molecule has 0 spiro atoms. The van der Waals surface area contributed by atoms with Crippen LogP contribution in [0.5, 0.6) is 6.01 Å². The number of ether oxygens (including phenoxy) is 1. The molecule has 1 aromatic carbocycles. The van der Waals surface area contributed by atoms with Crippen LogP contribution in [0.4, 0.5) is 11.9 Å². The molecule has 1 aromatic heterocycles. The molecule has 2 aromatic rings. The fraction of sp³-hybridized carbons (Fsp3) is 0.357. The maximum Gasteiger partial charge on any atom is 0.323 e. The number of halogens is 1. The average molecular weight is 352 g/mol. The molecule has 112 valence electrons. The normalized spacial score (nSPS) is 10.4. The summed E-state index contributed by atoms with van der Waals surface area (Å²) < 4.78 is 6.47. The summed E-state index contributed by atoms with van der Waals surface area (Å²) in [7, 11) is 1.90. The van der Waals surface area contributed by atoms with Crippen LogP contribution in [0.3, 0.4) is 0 Å². The van der Waals surface area contributed by atoms with Crippen molar-refractivity contribution in [2.75, 3.05) is 24.3 Å². The third-order valence-electron chi connectivity index (χ3n) is 2.73. The quantitative estimate of drug-likeness (QED) is 0.861. The van der Waals surface area contributed by atoms with Crippen LogP contribution in [0.1, 0.15) is 18.9 Å². The Morgan fingerprint density at radius 2 is 1.90 bits per heavy atom. The molecule has 6 nitrogen and oxygen atoms in total. The van der Waals surface area contributed by atoms with E-state index in [0.29, 0.717) is 19.1 Å². The van der Waals surface area contributed by atoms with Crippen molar-refractivity contribution in [1.29, 1.82) is 0 Å². The van der Waals surface area contributed by atoms with Gasteiger partial charge in [0.25, 0.3) is 0 Å². The van der Waals surface area contributed by atoms with Gasteiger partial charge in [0, 0.05) is 18.1 Å². The highest BCUT2D eigenvalue weighted by Crippen LogP contribution is 2.16. The SMILES string of the molecule is CCCOc1nc(N)nc(N(C)Cc2ccc(Br)cc2)n1. The Balaban J connectivity index is 2.12. The predicted octanol–water partition coefficient (Wildman–Crippen LogP) is 2.64. The van der Waals surface area contributed by atoms with Crippen molar-refractivity contribution in [3.8, 4) is 6.01 Å². The van der Waals surface area contributed by atoms with Gasteiger partial charge in [0.15, 0.2) is 0 Å². The summed E-state index contributed by atoms with van der Waals surface area (Å²) in [6, 6.07) is 8.35. The lowest BCUT2D eigenvalue weighted by Crippen LogP contribution is -2.20. The van der Waals surface area contributed by atoms with Crippen LogP contribution in [0.25, 0.3) is 0 Å². The molecular weight excluding hydrogens is 334 g/mol. The van der Waals surface area contributed by atoms with E-state index in [0.717, 1.165) is 16.5 Å². The molecule has 0 aliphatic heterocycles. The van der Waals surface area contributed by atoms with E-state index in [4.69, 9.17) is 10.5 Å². The minimum Gasteiger partial charge on any atom is -0.463 e. The van der Waals surface area contributed by atoms with Crippen molar-refractivity contribution in [2.45, 2.75) is 19.9 Å². The first kappa shape index (κ1) is 15.5. The Hall–Kier alpha value is -1.89. The molecule has 0 saturated heterocycles. The summed E-state index contributed by atoms with van der Waals surface area (Å²) in [4.78, 5) is 14.3. The standard InChI is InChI=1S/C14H18BrN5O/c1-3-8-21-14-18-12(16)17-13(19-14)20(2)9-10-4-6-11(15)7-5-10/h4-7H,3,8-9H2,1-2H3,(H2,16,17,18,19). The first-order valence-electron chi connectivity index (χ1n) is 6.68. The van der Waals surface area contributed by atoms with Crippen LogP contribution in [-0.2, 0) is 6.54 Å². The molecule has 7 heteroatoms. The van der Waals surface area contributed by atoms with E-state index < -0.39 is 0 Å². The van der Waals surface area contributed by atoms with Gasteiger partial charge >= 0.3 is 6.01 Å². The monoisotopic (exact) mass is 351 g/mol. The second-order valence-corrected chi connectivity index (χ2v) is 5.52. The summed E-state index contributed by atoms with van der Waals surface area (Å²) in [5.74, 6) is 0.658. The molecule has 1 heterocycles. The van der Waals surface area contributed by atoms with Crippen molar-refractivity contribution in [3.05, 3.63) is 34.3 Å². The van der Waals surface area contributed by atoms with Crippen LogP contribution in [0.15, 0.2) is 28.7 Å². The van der Waals surface area contributed by atoms with Gasteiger partial charge in [-0.05, 0) is 24.1 Å². The molecule has 0 radical (unpaired) electrons. The fourth-order valence-electron chi connectivity index (χ4n) is 1.72. The van der Waals surface area contributed by atoms with Crippen LogP contribution < -0.4 is 15.4 Å². The number of nitrogens with two attached hydrogens (primary N) is 1. The Kier molecular flexibility index (Phi) is 5.32. The van der Waals surface area contributed by atoms with Crippen LogP contribution in [-0.4, -0.2) is 28.6 Å². The highest BCUT2D eigenvalue weighted by molar-refractivity contribution is 9.10. The van der Waals surface area contributed by atoms with Crippen molar-refractivity contribution < 1.29 is 4.74 Å². The van der Waals surface area contributed by atoms with Crippen molar-refractivity contribution in [1.82, 2.24) is 15.0 Å². The van der Waals surface area contributed by atoms with Gasteiger partial charge in [0.2, 0.25) is 11.9 Å². The van der Waals surface area contributed by atoms with Gasteiger partial charge in [-0.25, -0.2) is 0 Å². The molecular formula is C14H18BrN5O. The van der Waals surface area contributed by atoms with Crippen LogP contribution in [0, 0.1) is 0 Å². The van der Waals surface area contributed by atoms with Gasteiger partial charge in [-0.15, -0.1) is 0 Å². The van der Waals surface area contributed by atoms with Crippen molar-refractivity contribution in [2.24, 2.45) is 0 Å². The van der Waals surface area contributed by atoms with E-state index in [1.54, 1.807) is 0 Å². The lowest BCUT2D eigenvalue weighted by molar-refractivity contribution is 0.292. The lowest BCUT2D eigenvalue weighted by atomic mass is 10.2. The number of nitrogen functional groups attached to an aromatic ring is 1. The number of benzene rings is 1. The number of rotatable bonds is 6. The molecule has 2 rings (SSSR count). The average Bonchev–Trinajstić information content (AvgIpc) is 2.47. The zero-order valence-electron chi connectivity index (χ0n) is 12.1. The molecule has 0 aliphatic rings. The Morgan fingerprint density at radius 3 is 2.57 bits per heavy atom.